The van der Waals surface area contributed by atoms with Gasteiger partial charge in [-0.1, -0.05) is 42.5 Å². The van der Waals surface area contributed by atoms with Crippen molar-refractivity contribution in [2.24, 2.45) is 5.73 Å². The topological polar surface area (TPSA) is 84.2 Å². The van der Waals surface area contributed by atoms with E-state index in [1.165, 1.54) is 16.2 Å². The molecule has 0 unspecified atom stereocenters. The minimum atomic E-state index is -0.461. The van der Waals surface area contributed by atoms with Gasteiger partial charge in [-0.3, -0.25) is 9.59 Å². The standard InChI is InChI=1S/C22H21N3O2S2/c23-20(27)19-16-10-3-4-11-17(16)29-21(19)25-22(28)24-18(26)12-14-8-5-7-13-6-1-2-9-15(13)14/h1-2,5-9H,3-4,10-12H2,(H2,23,27)(H2,24,25,26,28). The first kappa shape index (κ1) is 19.5. The summed E-state index contributed by atoms with van der Waals surface area (Å²) in [5, 5.41) is 8.68. The lowest BCUT2D eigenvalue weighted by Gasteiger charge is -2.12. The van der Waals surface area contributed by atoms with E-state index in [-0.39, 0.29) is 17.4 Å². The summed E-state index contributed by atoms with van der Waals surface area (Å²) in [6, 6.07) is 13.9. The van der Waals surface area contributed by atoms with Gasteiger partial charge >= 0.3 is 0 Å². The number of thiophene rings is 1. The molecule has 1 aromatic heterocycles. The smallest absolute Gasteiger partial charge is 0.251 e. The van der Waals surface area contributed by atoms with E-state index in [0.717, 1.165) is 47.6 Å². The molecule has 4 N–H and O–H groups in total. The summed E-state index contributed by atoms with van der Waals surface area (Å²) in [5.41, 5.74) is 8.09. The molecule has 0 bridgehead atoms. The fraction of sp³-hybridized carbons (Fsp3) is 0.227. The van der Waals surface area contributed by atoms with Crippen LogP contribution in [-0.2, 0) is 24.1 Å². The number of nitrogens with one attached hydrogen (secondary N) is 2. The Morgan fingerprint density at radius 1 is 1.07 bits per heavy atom. The molecule has 0 spiro atoms. The third-order valence-electron chi connectivity index (χ3n) is 5.13. The maximum Gasteiger partial charge on any atom is 0.251 e. The molecule has 4 rings (SSSR count). The second kappa shape index (κ2) is 8.31. The fourth-order valence-electron chi connectivity index (χ4n) is 3.84. The van der Waals surface area contributed by atoms with Crippen LogP contribution in [0.3, 0.4) is 0 Å². The first-order valence-electron chi connectivity index (χ1n) is 9.54. The van der Waals surface area contributed by atoms with Crippen LogP contribution >= 0.6 is 23.6 Å². The molecule has 0 saturated heterocycles. The second-order valence-corrected chi connectivity index (χ2v) is 8.61. The van der Waals surface area contributed by atoms with E-state index in [2.05, 4.69) is 10.6 Å². The summed E-state index contributed by atoms with van der Waals surface area (Å²) in [6.45, 7) is 0. The van der Waals surface area contributed by atoms with Crippen LogP contribution in [0.15, 0.2) is 42.5 Å². The first-order valence-corrected chi connectivity index (χ1v) is 10.8. The number of amides is 2. The van der Waals surface area contributed by atoms with Gasteiger partial charge in [-0.25, -0.2) is 0 Å². The van der Waals surface area contributed by atoms with Crippen molar-refractivity contribution in [1.29, 1.82) is 0 Å². The Labute approximate surface area is 178 Å². The molecule has 0 aliphatic heterocycles. The molecular formula is C22H21N3O2S2. The van der Waals surface area contributed by atoms with Crippen molar-refractivity contribution >= 4 is 56.3 Å². The molecule has 1 aliphatic rings. The zero-order valence-corrected chi connectivity index (χ0v) is 17.4. The number of primary amides is 1. The van der Waals surface area contributed by atoms with Crippen LogP contribution in [0.2, 0.25) is 0 Å². The predicted octanol–water partition coefficient (Wildman–Crippen LogP) is 3.93. The van der Waals surface area contributed by atoms with Crippen molar-refractivity contribution in [1.82, 2.24) is 5.32 Å². The quantitative estimate of drug-likeness (QED) is 0.555. The maximum absolute atomic E-state index is 12.5. The number of carbonyl (C=O) groups is 2. The van der Waals surface area contributed by atoms with Gasteiger partial charge in [-0.05, 0) is 59.8 Å². The van der Waals surface area contributed by atoms with Crippen molar-refractivity contribution in [3.05, 3.63) is 64.0 Å². The number of hydrogen-bond donors (Lipinski definition) is 3. The first-order chi connectivity index (χ1) is 14.0. The number of thiocarbonyl (C=S) groups is 1. The number of nitrogens with two attached hydrogens (primary N) is 1. The monoisotopic (exact) mass is 423 g/mol. The molecule has 0 fully saturated rings. The minimum absolute atomic E-state index is 0.177. The van der Waals surface area contributed by atoms with Crippen LogP contribution in [-0.4, -0.2) is 16.9 Å². The number of fused-ring (bicyclic) bond motifs is 2. The second-order valence-electron chi connectivity index (χ2n) is 7.10. The number of carbonyl (C=O) groups excluding carboxylic acids is 2. The molecule has 7 heteroatoms. The Bertz CT molecular complexity index is 1120. The van der Waals surface area contributed by atoms with E-state index in [9.17, 15) is 9.59 Å². The highest BCUT2D eigenvalue weighted by Gasteiger charge is 2.24. The predicted molar refractivity (Wildman–Crippen MR) is 121 cm³/mol. The highest BCUT2D eigenvalue weighted by molar-refractivity contribution is 7.80. The average Bonchev–Trinajstić information content (AvgIpc) is 3.06. The van der Waals surface area contributed by atoms with Gasteiger partial charge < -0.3 is 16.4 Å². The summed E-state index contributed by atoms with van der Waals surface area (Å²) in [4.78, 5) is 25.7. The van der Waals surface area contributed by atoms with E-state index in [4.69, 9.17) is 18.0 Å². The molecule has 3 aromatic rings. The minimum Gasteiger partial charge on any atom is -0.365 e. The van der Waals surface area contributed by atoms with Crippen LogP contribution in [0.4, 0.5) is 5.00 Å². The third-order valence-corrected chi connectivity index (χ3v) is 6.54. The Balaban J connectivity index is 1.47. The molecule has 0 saturated carbocycles. The Kier molecular flexibility index (Phi) is 5.60. The molecule has 2 aromatic carbocycles. The van der Waals surface area contributed by atoms with Crippen molar-refractivity contribution in [2.75, 3.05) is 5.32 Å². The van der Waals surface area contributed by atoms with E-state index < -0.39 is 5.91 Å². The van der Waals surface area contributed by atoms with E-state index in [0.29, 0.717) is 10.6 Å². The van der Waals surface area contributed by atoms with E-state index in [1.54, 1.807) is 0 Å². The summed E-state index contributed by atoms with van der Waals surface area (Å²) in [6.07, 6.45) is 4.17. The van der Waals surface area contributed by atoms with Crippen LogP contribution in [0.5, 0.6) is 0 Å². The SMILES string of the molecule is NC(=O)c1c(NC(=S)NC(=O)Cc2cccc3ccccc23)sc2c1CCCC2. The molecule has 148 valence electrons. The van der Waals surface area contributed by atoms with Crippen molar-refractivity contribution in [3.63, 3.8) is 0 Å². The Morgan fingerprint density at radius 3 is 2.66 bits per heavy atom. The molecule has 0 radical (unpaired) electrons. The molecule has 1 heterocycles. The van der Waals surface area contributed by atoms with Gasteiger partial charge in [0.25, 0.3) is 5.91 Å². The van der Waals surface area contributed by atoms with Crippen LogP contribution < -0.4 is 16.4 Å². The molecule has 1 aliphatic carbocycles. The number of benzene rings is 2. The maximum atomic E-state index is 12.5. The zero-order chi connectivity index (χ0) is 20.4. The van der Waals surface area contributed by atoms with E-state index >= 15 is 0 Å². The van der Waals surface area contributed by atoms with Crippen LogP contribution in [0.25, 0.3) is 10.8 Å². The number of hydrogen-bond acceptors (Lipinski definition) is 4. The third kappa shape index (κ3) is 4.16. The van der Waals surface area contributed by atoms with E-state index in [1.807, 2.05) is 42.5 Å². The molecule has 29 heavy (non-hydrogen) atoms. The lowest BCUT2D eigenvalue weighted by atomic mass is 9.95. The van der Waals surface area contributed by atoms with Gasteiger partial charge in [0.15, 0.2) is 5.11 Å². The fourth-order valence-corrected chi connectivity index (χ4v) is 5.42. The van der Waals surface area contributed by atoms with Gasteiger partial charge in [0.05, 0.1) is 12.0 Å². The Hall–Kier alpha value is -2.77. The van der Waals surface area contributed by atoms with Gasteiger partial charge in [0.1, 0.15) is 5.00 Å². The van der Waals surface area contributed by atoms with Crippen molar-refractivity contribution < 1.29 is 9.59 Å². The Morgan fingerprint density at radius 2 is 1.83 bits per heavy atom. The van der Waals surface area contributed by atoms with Gasteiger partial charge in [-0.15, -0.1) is 11.3 Å². The normalized spacial score (nSPS) is 13.0. The lowest BCUT2D eigenvalue weighted by Crippen LogP contribution is -2.35. The molecular weight excluding hydrogens is 402 g/mol. The summed E-state index contributed by atoms with van der Waals surface area (Å²) in [5.74, 6) is -0.669. The lowest BCUT2D eigenvalue weighted by molar-refractivity contribution is -0.119. The average molecular weight is 424 g/mol. The highest BCUT2D eigenvalue weighted by atomic mass is 32.1. The number of aryl methyl sites for hydroxylation is 1. The van der Waals surface area contributed by atoms with Crippen molar-refractivity contribution in [2.45, 2.75) is 32.1 Å². The summed E-state index contributed by atoms with van der Waals surface area (Å²) in [7, 11) is 0. The number of rotatable bonds is 4. The van der Waals surface area contributed by atoms with Crippen molar-refractivity contribution in [3.8, 4) is 0 Å². The summed E-state index contributed by atoms with van der Waals surface area (Å²) >= 11 is 6.82. The highest BCUT2D eigenvalue weighted by Crippen LogP contribution is 2.37. The summed E-state index contributed by atoms with van der Waals surface area (Å²) < 4.78 is 0. The van der Waals surface area contributed by atoms with Gasteiger partial charge in [0, 0.05) is 4.88 Å². The van der Waals surface area contributed by atoms with Gasteiger partial charge in [-0.2, -0.15) is 0 Å². The molecule has 0 atom stereocenters. The number of anilines is 1. The zero-order valence-electron chi connectivity index (χ0n) is 15.8. The van der Waals surface area contributed by atoms with Crippen LogP contribution in [0.1, 0.15) is 39.2 Å². The van der Waals surface area contributed by atoms with Crippen LogP contribution in [0, 0.1) is 0 Å². The molecule has 5 nitrogen and oxygen atoms in total. The largest absolute Gasteiger partial charge is 0.365 e. The van der Waals surface area contributed by atoms with Gasteiger partial charge in [0.2, 0.25) is 5.91 Å². The molecule has 2 amide bonds.